The minimum atomic E-state index is -0.0596. The minimum absolute atomic E-state index is 0.0596. The van der Waals surface area contributed by atoms with E-state index in [0.717, 1.165) is 40.0 Å². The Bertz CT molecular complexity index is 583. The van der Waals surface area contributed by atoms with Crippen LogP contribution in [-0.2, 0) is 10.5 Å². The molecule has 0 aliphatic heterocycles. The molecule has 0 radical (unpaired) electrons. The van der Waals surface area contributed by atoms with E-state index in [2.05, 4.69) is 27.1 Å². The number of nitrogens with one attached hydrogen (secondary N) is 2. The Morgan fingerprint density at radius 1 is 1.33 bits per heavy atom. The normalized spacial score (nSPS) is 10.4. The molecule has 1 heterocycles. The highest BCUT2D eigenvalue weighted by molar-refractivity contribution is 7.98. The van der Waals surface area contributed by atoms with Crippen LogP contribution >= 0.6 is 23.3 Å². The predicted molar refractivity (Wildman–Crippen MR) is 89.0 cm³/mol. The monoisotopic (exact) mass is 322 g/mol. The number of carbonyl (C=O) groups excluding carboxylic acids is 1. The summed E-state index contributed by atoms with van der Waals surface area (Å²) >= 11 is 3.11. The van der Waals surface area contributed by atoms with Gasteiger partial charge in [0.1, 0.15) is 10.7 Å². The van der Waals surface area contributed by atoms with E-state index < -0.39 is 0 Å². The van der Waals surface area contributed by atoms with E-state index >= 15 is 0 Å². The molecule has 0 saturated heterocycles. The minimum Gasteiger partial charge on any atom is -0.374 e. The molecular weight excluding hydrogens is 304 g/mol. The number of nitrogens with zero attached hydrogens (tertiary/aromatic N) is 2. The number of amides is 1. The van der Waals surface area contributed by atoms with Crippen LogP contribution in [0.5, 0.6) is 0 Å². The van der Waals surface area contributed by atoms with E-state index in [4.69, 9.17) is 0 Å². The maximum atomic E-state index is 11.0. The van der Waals surface area contributed by atoms with Crippen LogP contribution in [0.15, 0.2) is 29.2 Å². The zero-order valence-electron chi connectivity index (χ0n) is 12.0. The van der Waals surface area contributed by atoms with E-state index in [1.165, 1.54) is 18.5 Å². The highest BCUT2D eigenvalue weighted by Crippen LogP contribution is 2.28. The molecule has 21 heavy (non-hydrogen) atoms. The van der Waals surface area contributed by atoms with Crippen LogP contribution < -0.4 is 10.6 Å². The summed E-state index contributed by atoms with van der Waals surface area (Å²) in [6, 6.07) is 7.79. The Labute approximate surface area is 132 Å². The van der Waals surface area contributed by atoms with Crippen LogP contribution in [0.2, 0.25) is 0 Å². The van der Waals surface area contributed by atoms with Gasteiger partial charge in [-0.05, 0) is 30.7 Å². The van der Waals surface area contributed by atoms with Crippen molar-refractivity contribution in [3.63, 3.8) is 0 Å². The predicted octanol–water partition coefficient (Wildman–Crippen LogP) is 3.61. The van der Waals surface area contributed by atoms with Gasteiger partial charge in [0.05, 0.1) is 0 Å². The van der Waals surface area contributed by atoms with E-state index in [1.54, 1.807) is 11.8 Å². The molecule has 0 aliphatic carbocycles. The van der Waals surface area contributed by atoms with Gasteiger partial charge in [-0.15, -0.1) is 16.9 Å². The number of carbonyl (C=O) groups is 1. The van der Waals surface area contributed by atoms with Crippen LogP contribution in [0.3, 0.4) is 0 Å². The molecule has 1 aromatic carbocycles. The molecule has 0 aliphatic rings. The maximum absolute atomic E-state index is 11.0. The zero-order valence-corrected chi connectivity index (χ0v) is 13.7. The van der Waals surface area contributed by atoms with Gasteiger partial charge in [-0.3, -0.25) is 4.79 Å². The average Bonchev–Trinajstić information content (AvgIpc) is 2.91. The summed E-state index contributed by atoms with van der Waals surface area (Å²) in [6.07, 6.45) is 1.08. The molecule has 112 valence electrons. The Hall–Kier alpha value is -1.60. The van der Waals surface area contributed by atoms with Crippen molar-refractivity contribution in [3.05, 3.63) is 30.0 Å². The van der Waals surface area contributed by atoms with Crippen molar-refractivity contribution >= 4 is 39.9 Å². The summed E-state index contributed by atoms with van der Waals surface area (Å²) < 4.78 is 4.00. The number of anilines is 2. The van der Waals surface area contributed by atoms with Crippen molar-refractivity contribution in [2.45, 2.75) is 30.9 Å². The first-order valence-corrected chi connectivity index (χ1v) is 8.50. The highest BCUT2D eigenvalue weighted by atomic mass is 32.2. The van der Waals surface area contributed by atoms with Crippen LogP contribution in [0, 0.1) is 0 Å². The van der Waals surface area contributed by atoms with Crippen molar-refractivity contribution < 1.29 is 4.79 Å². The molecule has 2 N–H and O–H groups in total. The van der Waals surface area contributed by atoms with Gasteiger partial charge >= 0.3 is 0 Å². The quantitative estimate of drug-likeness (QED) is 0.762. The maximum Gasteiger partial charge on any atom is 0.221 e. The van der Waals surface area contributed by atoms with Gasteiger partial charge in [-0.1, -0.05) is 11.4 Å². The summed E-state index contributed by atoms with van der Waals surface area (Å²) in [5.41, 5.74) is 1.80. The molecule has 0 saturated carbocycles. The highest BCUT2D eigenvalue weighted by Gasteiger charge is 2.08. The molecule has 1 aromatic heterocycles. The standard InChI is InChI=1S/C14H18N4OS2/c1-3-8-15-14-13(17-18-21-14)9-20-12-6-4-11(5-7-12)16-10(2)19/h4-7,15H,3,8-9H2,1-2H3,(H,16,19). The van der Waals surface area contributed by atoms with Crippen LogP contribution in [0.1, 0.15) is 26.0 Å². The van der Waals surface area contributed by atoms with Gasteiger partial charge in [0.15, 0.2) is 0 Å². The largest absolute Gasteiger partial charge is 0.374 e. The number of thioether (sulfide) groups is 1. The second-order valence-electron chi connectivity index (χ2n) is 4.47. The lowest BCUT2D eigenvalue weighted by Gasteiger charge is -2.05. The fourth-order valence-electron chi connectivity index (χ4n) is 1.67. The first kappa shape index (κ1) is 15.8. The lowest BCUT2D eigenvalue weighted by atomic mass is 10.3. The summed E-state index contributed by atoms with van der Waals surface area (Å²) in [7, 11) is 0. The first-order chi connectivity index (χ1) is 10.2. The van der Waals surface area contributed by atoms with Crippen molar-refractivity contribution in [2.75, 3.05) is 17.2 Å². The number of benzene rings is 1. The topological polar surface area (TPSA) is 66.9 Å². The Morgan fingerprint density at radius 3 is 2.76 bits per heavy atom. The molecule has 7 heteroatoms. The molecule has 0 spiro atoms. The third-order valence-electron chi connectivity index (χ3n) is 2.64. The molecule has 2 rings (SSSR count). The average molecular weight is 322 g/mol. The fraction of sp³-hybridized carbons (Fsp3) is 0.357. The summed E-state index contributed by atoms with van der Waals surface area (Å²) in [5.74, 6) is 0.720. The third kappa shape index (κ3) is 5.02. The molecule has 0 unspecified atom stereocenters. The van der Waals surface area contributed by atoms with Crippen molar-refractivity contribution in [2.24, 2.45) is 0 Å². The Kier molecular flexibility index (Phi) is 6.01. The molecule has 2 aromatic rings. The van der Waals surface area contributed by atoms with Gasteiger partial charge in [-0.25, -0.2) is 0 Å². The van der Waals surface area contributed by atoms with E-state index in [9.17, 15) is 4.79 Å². The number of hydrogen-bond donors (Lipinski definition) is 2. The molecule has 1 amide bonds. The van der Waals surface area contributed by atoms with Crippen molar-refractivity contribution in [3.8, 4) is 0 Å². The van der Waals surface area contributed by atoms with Crippen LogP contribution in [-0.4, -0.2) is 22.0 Å². The molecule has 0 bridgehead atoms. The first-order valence-electron chi connectivity index (χ1n) is 6.74. The van der Waals surface area contributed by atoms with E-state index in [1.807, 2.05) is 24.3 Å². The molecule has 5 nitrogen and oxygen atoms in total. The van der Waals surface area contributed by atoms with Crippen LogP contribution in [0.25, 0.3) is 0 Å². The molecular formula is C14H18N4OS2. The number of aromatic nitrogens is 2. The fourth-order valence-corrected chi connectivity index (χ4v) is 3.20. The van der Waals surface area contributed by atoms with Gasteiger partial charge in [0.25, 0.3) is 0 Å². The van der Waals surface area contributed by atoms with Gasteiger partial charge in [-0.2, -0.15) is 0 Å². The van der Waals surface area contributed by atoms with Gasteiger partial charge in [0.2, 0.25) is 5.91 Å². The Morgan fingerprint density at radius 2 is 2.10 bits per heavy atom. The Balaban J connectivity index is 1.90. The van der Waals surface area contributed by atoms with Gasteiger partial charge < -0.3 is 10.6 Å². The van der Waals surface area contributed by atoms with Crippen LogP contribution in [0.4, 0.5) is 10.7 Å². The SMILES string of the molecule is CCCNc1snnc1CSc1ccc(NC(C)=O)cc1. The zero-order chi connectivity index (χ0) is 15.1. The van der Waals surface area contributed by atoms with Gasteiger partial charge in [0, 0.05) is 41.3 Å². The summed E-state index contributed by atoms with van der Waals surface area (Å²) in [4.78, 5) is 12.1. The van der Waals surface area contributed by atoms with E-state index in [-0.39, 0.29) is 5.91 Å². The van der Waals surface area contributed by atoms with Crippen molar-refractivity contribution in [1.29, 1.82) is 0 Å². The second-order valence-corrected chi connectivity index (χ2v) is 6.27. The van der Waals surface area contributed by atoms with Crippen molar-refractivity contribution in [1.82, 2.24) is 9.59 Å². The second kappa shape index (κ2) is 7.99. The smallest absolute Gasteiger partial charge is 0.221 e. The lowest BCUT2D eigenvalue weighted by Crippen LogP contribution is -2.05. The molecule has 0 atom stereocenters. The van der Waals surface area contributed by atoms with E-state index in [0.29, 0.717) is 0 Å². The summed E-state index contributed by atoms with van der Waals surface area (Å²) in [6.45, 7) is 4.57. The molecule has 0 fully saturated rings. The number of rotatable bonds is 7. The lowest BCUT2D eigenvalue weighted by molar-refractivity contribution is -0.114. The summed E-state index contributed by atoms with van der Waals surface area (Å²) in [5, 5.41) is 11.3. The number of hydrogen-bond acceptors (Lipinski definition) is 6. The third-order valence-corrected chi connectivity index (χ3v) is 4.39.